The molecule has 3 nitrogen and oxygen atoms in total. The summed E-state index contributed by atoms with van der Waals surface area (Å²) < 4.78 is 10.3. The summed E-state index contributed by atoms with van der Waals surface area (Å²) in [5.41, 5.74) is 0. The largest absolute Gasteiger partial charge is 0.508 e. The first-order chi connectivity index (χ1) is 8.04. The third-order valence-electron chi connectivity index (χ3n) is 3.53. The molecule has 3 heteroatoms. The smallest absolute Gasteiger partial charge is 0.431 e. The van der Waals surface area contributed by atoms with Gasteiger partial charge in [0, 0.05) is 0 Å². The summed E-state index contributed by atoms with van der Waals surface area (Å²) in [6, 6.07) is 0. The molecule has 1 aliphatic carbocycles. The predicted octanol–water partition coefficient (Wildman–Crippen LogP) is 3.79. The fourth-order valence-corrected chi connectivity index (χ4v) is 2.53. The molecule has 98 valence electrons. The highest BCUT2D eigenvalue weighted by Gasteiger charge is 2.33. The van der Waals surface area contributed by atoms with Crippen molar-refractivity contribution < 1.29 is 14.3 Å². The van der Waals surface area contributed by atoms with Crippen molar-refractivity contribution in [3.05, 3.63) is 12.7 Å². The first-order valence-electron chi connectivity index (χ1n) is 6.48. The third-order valence-corrected chi connectivity index (χ3v) is 3.53. The molecule has 1 unspecified atom stereocenters. The molecule has 1 aliphatic rings. The van der Waals surface area contributed by atoms with Crippen molar-refractivity contribution in [2.24, 2.45) is 17.8 Å². The number of rotatable bonds is 4. The van der Waals surface area contributed by atoms with E-state index in [9.17, 15) is 4.79 Å². The quantitative estimate of drug-likeness (QED) is 0.554. The molecule has 0 spiro atoms. The Morgan fingerprint density at radius 1 is 1.47 bits per heavy atom. The maximum Gasteiger partial charge on any atom is 0.508 e. The average Bonchev–Trinajstić information content (AvgIpc) is 2.26. The van der Waals surface area contributed by atoms with Gasteiger partial charge in [0.2, 0.25) is 0 Å². The van der Waals surface area contributed by atoms with Gasteiger partial charge in [0.25, 0.3) is 0 Å². The van der Waals surface area contributed by atoms with Crippen molar-refractivity contribution >= 4 is 6.16 Å². The molecule has 1 fully saturated rings. The number of carbonyl (C=O) groups is 1. The molecule has 3 atom stereocenters. The van der Waals surface area contributed by atoms with Crippen molar-refractivity contribution in [3.8, 4) is 0 Å². The van der Waals surface area contributed by atoms with E-state index in [1.165, 1.54) is 6.42 Å². The predicted molar refractivity (Wildman–Crippen MR) is 67.8 cm³/mol. The van der Waals surface area contributed by atoms with Gasteiger partial charge in [-0.15, -0.1) is 0 Å². The van der Waals surface area contributed by atoms with E-state index < -0.39 is 6.16 Å². The Morgan fingerprint density at radius 3 is 2.76 bits per heavy atom. The summed E-state index contributed by atoms with van der Waals surface area (Å²) in [5.74, 6) is 1.63. The number of ether oxygens (including phenoxy) is 2. The fraction of sp³-hybridized carbons (Fsp3) is 0.786. The van der Waals surface area contributed by atoms with Crippen molar-refractivity contribution in [3.63, 3.8) is 0 Å². The topological polar surface area (TPSA) is 35.5 Å². The number of hydrogen-bond donors (Lipinski definition) is 0. The lowest BCUT2D eigenvalue weighted by molar-refractivity contribution is -0.0286. The fourth-order valence-electron chi connectivity index (χ4n) is 2.53. The second-order valence-electron chi connectivity index (χ2n) is 5.33. The molecule has 1 rings (SSSR count). The zero-order valence-electron chi connectivity index (χ0n) is 11.1. The summed E-state index contributed by atoms with van der Waals surface area (Å²) in [6.45, 7) is 10.3. The Morgan fingerprint density at radius 2 is 2.18 bits per heavy atom. The highest BCUT2D eigenvalue weighted by molar-refractivity contribution is 5.60. The molecule has 0 aromatic heterocycles. The molecular formula is C14H24O3. The molecule has 0 radical (unpaired) electrons. The van der Waals surface area contributed by atoms with E-state index >= 15 is 0 Å². The second kappa shape index (κ2) is 6.67. The maximum absolute atomic E-state index is 11.5. The van der Waals surface area contributed by atoms with Gasteiger partial charge in [0.05, 0.1) is 0 Å². The van der Waals surface area contributed by atoms with Gasteiger partial charge in [-0.1, -0.05) is 39.8 Å². The third kappa shape index (κ3) is 4.41. The van der Waals surface area contributed by atoms with Crippen LogP contribution in [0.5, 0.6) is 0 Å². The van der Waals surface area contributed by atoms with Gasteiger partial charge in [-0.25, -0.2) is 4.79 Å². The van der Waals surface area contributed by atoms with Gasteiger partial charge in [-0.2, -0.15) is 0 Å². The Hall–Kier alpha value is -0.990. The SMILES string of the molecule is C=CCOC(=O)OC1C[C@H](C)CC[C@H]1C(C)C. The van der Waals surface area contributed by atoms with Crippen LogP contribution in [0.3, 0.4) is 0 Å². The molecule has 0 bridgehead atoms. The number of hydrogen-bond acceptors (Lipinski definition) is 3. The lowest BCUT2D eigenvalue weighted by Gasteiger charge is -2.36. The van der Waals surface area contributed by atoms with Crippen molar-refractivity contribution in [2.45, 2.75) is 46.1 Å². The molecule has 0 aromatic rings. The summed E-state index contributed by atoms with van der Waals surface area (Å²) in [6.07, 6.45) is 4.31. The van der Waals surface area contributed by atoms with Crippen molar-refractivity contribution in [1.29, 1.82) is 0 Å². The van der Waals surface area contributed by atoms with Crippen LogP contribution in [0, 0.1) is 17.8 Å². The Kier molecular flexibility index (Phi) is 5.52. The molecular weight excluding hydrogens is 216 g/mol. The summed E-state index contributed by atoms with van der Waals surface area (Å²) in [4.78, 5) is 11.5. The molecule has 0 aromatic carbocycles. The van der Waals surface area contributed by atoms with E-state index in [2.05, 4.69) is 27.4 Å². The Labute approximate surface area is 104 Å². The van der Waals surface area contributed by atoms with E-state index in [0.717, 1.165) is 12.8 Å². The molecule has 0 N–H and O–H groups in total. The zero-order chi connectivity index (χ0) is 12.8. The first-order valence-corrected chi connectivity index (χ1v) is 6.48. The standard InChI is InChI=1S/C14H24O3/c1-5-8-16-14(15)17-13-9-11(4)6-7-12(13)10(2)3/h5,10-13H,1,6-9H2,2-4H3/t11-,12+,13?/m1/s1. The van der Waals surface area contributed by atoms with Crippen molar-refractivity contribution in [2.75, 3.05) is 6.61 Å². The van der Waals surface area contributed by atoms with Crippen LogP contribution in [0.25, 0.3) is 0 Å². The Balaban J connectivity index is 2.51. The Bertz CT molecular complexity index is 260. The average molecular weight is 240 g/mol. The second-order valence-corrected chi connectivity index (χ2v) is 5.33. The number of carbonyl (C=O) groups excluding carboxylic acids is 1. The summed E-state index contributed by atoms with van der Waals surface area (Å²) >= 11 is 0. The first kappa shape index (κ1) is 14.1. The lowest BCUT2D eigenvalue weighted by atomic mass is 9.75. The van der Waals surface area contributed by atoms with Crippen LogP contribution < -0.4 is 0 Å². The maximum atomic E-state index is 11.5. The van der Waals surface area contributed by atoms with E-state index in [1.807, 2.05) is 0 Å². The van der Waals surface area contributed by atoms with E-state index in [-0.39, 0.29) is 12.7 Å². The van der Waals surface area contributed by atoms with Gasteiger partial charge >= 0.3 is 6.16 Å². The highest BCUT2D eigenvalue weighted by Crippen LogP contribution is 2.35. The van der Waals surface area contributed by atoms with Crippen LogP contribution in [0.2, 0.25) is 0 Å². The molecule has 1 saturated carbocycles. The van der Waals surface area contributed by atoms with Gasteiger partial charge in [0.15, 0.2) is 0 Å². The minimum absolute atomic E-state index is 0.0102. The van der Waals surface area contributed by atoms with Gasteiger partial charge in [0.1, 0.15) is 12.7 Å². The van der Waals surface area contributed by atoms with E-state index in [0.29, 0.717) is 17.8 Å². The monoisotopic (exact) mass is 240 g/mol. The molecule has 0 amide bonds. The van der Waals surface area contributed by atoms with Crippen LogP contribution in [0.1, 0.15) is 40.0 Å². The van der Waals surface area contributed by atoms with Crippen LogP contribution >= 0.6 is 0 Å². The summed E-state index contributed by atoms with van der Waals surface area (Å²) in [5, 5.41) is 0. The van der Waals surface area contributed by atoms with Gasteiger partial charge < -0.3 is 9.47 Å². The van der Waals surface area contributed by atoms with Gasteiger partial charge in [-0.05, 0) is 30.6 Å². The minimum Gasteiger partial charge on any atom is -0.431 e. The van der Waals surface area contributed by atoms with Crippen LogP contribution in [-0.2, 0) is 9.47 Å². The van der Waals surface area contributed by atoms with E-state index in [4.69, 9.17) is 9.47 Å². The van der Waals surface area contributed by atoms with Crippen molar-refractivity contribution in [1.82, 2.24) is 0 Å². The molecule has 0 saturated heterocycles. The molecule has 0 aliphatic heterocycles. The molecule has 0 heterocycles. The lowest BCUT2D eigenvalue weighted by Crippen LogP contribution is -2.36. The van der Waals surface area contributed by atoms with Crippen LogP contribution in [-0.4, -0.2) is 18.9 Å². The van der Waals surface area contributed by atoms with Crippen LogP contribution in [0.4, 0.5) is 4.79 Å². The normalized spacial score (nSPS) is 28.8. The van der Waals surface area contributed by atoms with Gasteiger partial charge in [-0.3, -0.25) is 0 Å². The van der Waals surface area contributed by atoms with Crippen LogP contribution in [0.15, 0.2) is 12.7 Å². The zero-order valence-corrected chi connectivity index (χ0v) is 11.1. The van der Waals surface area contributed by atoms with E-state index in [1.54, 1.807) is 6.08 Å². The minimum atomic E-state index is -0.561. The highest BCUT2D eigenvalue weighted by atomic mass is 16.7. The summed E-state index contributed by atoms with van der Waals surface area (Å²) in [7, 11) is 0. The molecule has 17 heavy (non-hydrogen) atoms.